The number of carbonyl (C=O) groups is 1. The summed E-state index contributed by atoms with van der Waals surface area (Å²) in [5.41, 5.74) is 0.978. The Balaban J connectivity index is 1.81. The van der Waals surface area contributed by atoms with Crippen LogP contribution < -0.4 is 19.1 Å². The maximum Gasteiger partial charge on any atom is 0.267 e. The van der Waals surface area contributed by atoms with Crippen LogP contribution in [0.1, 0.15) is 6.92 Å². The fraction of sp³-hybridized carbons (Fsp3) is 0.278. The summed E-state index contributed by atoms with van der Waals surface area (Å²) in [6.07, 6.45) is 0.144. The molecule has 0 saturated heterocycles. The monoisotopic (exact) mass is 376 g/mol. The zero-order valence-corrected chi connectivity index (χ0v) is 15.3. The van der Waals surface area contributed by atoms with E-state index in [0.717, 1.165) is 6.26 Å². The zero-order chi connectivity index (χ0) is 18.7. The van der Waals surface area contributed by atoms with Gasteiger partial charge in [0.05, 0.1) is 25.1 Å². The Bertz CT molecular complexity index is 913. The van der Waals surface area contributed by atoms with Crippen LogP contribution in [0.25, 0.3) is 0 Å². The van der Waals surface area contributed by atoms with E-state index in [9.17, 15) is 13.2 Å². The lowest BCUT2D eigenvalue weighted by Gasteiger charge is -2.33. The maximum absolute atomic E-state index is 12.6. The van der Waals surface area contributed by atoms with E-state index in [1.54, 1.807) is 48.5 Å². The van der Waals surface area contributed by atoms with Gasteiger partial charge in [-0.3, -0.25) is 9.10 Å². The molecule has 0 saturated carbocycles. The number of benzene rings is 2. The van der Waals surface area contributed by atoms with Crippen molar-refractivity contribution in [3.63, 3.8) is 0 Å². The molecule has 0 aromatic heterocycles. The predicted molar refractivity (Wildman–Crippen MR) is 99.3 cm³/mol. The highest BCUT2D eigenvalue weighted by Gasteiger charge is 2.34. The van der Waals surface area contributed by atoms with Crippen molar-refractivity contribution in [1.29, 1.82) is 0 Å². The fourth-order valence-electron chi connectivity index (χ4n) is 2.71. The average Bonchev–Trinajstić information content (AvgIpc) is 2.60. The van der Waals surface area contributed by atoms with E-state index in [0.29, 0.717) is 29.5 Å². The molecule has 0 spiro atoms. The first kappa shape index (κ1) is 18.1. The minimum Gasteiger partial charge on any atom is -0.494 e. The van der Waals surface area contributed by atoms with Crippen molar-refractivity contribution in [3.8, 4) is 11.5 Å². The molecule has 0 aliphatic carbocycles. The highest BCUT2D eigenvalue weighted by atomic mass is 32.2. The molecule has 138 valence electrons. The molecule has 1 N–H and O–H groups in total. The van der Waals surface area contributed by atoms with E-state index in [-0.39, 0.29) is 6.54 Å². The van der Waals surface area contributed by atoms with Crippen molar-refractivity contribution in [2.45, 2.75) is 13.0 Å². The molecule has 1 heterocycles. The third-order valence-corrected chi connectivity index (χ3v) is 4.99. The Morgan fingerprint density at radius 2 is 2.04 bits per heavy atom. The van der Waals surface area contributed by atoms with Gasteiger partial charge in [0.1, 0.15) is 11.5 Å². The maximum atomic E-state index is 12.6. The quantitative estimate of drug-likeness (QED) is 0.865. The summed E-state index contributed by atoms with van der Waals surface area (Å²) in [6.45, 7) is 2.30. The molecule has 26 heavy (non-hydrogen) atoms. The first-order valence-corrected chi connectivity index (χ1v) is 10.0. The van der Waals surface area contributed by atoms with Gasteiger partial charge < -0.3 is 14.8 Å². The lowest BCUT2D eigenvalue weighted by Crippen LogP contribution is -2.48. The van der Waals surface area contributed by atoms with Gasteiger partial charge in [-0.25, -0.2) is 8.42 Å². The number of rotatable bonds is 5. The molecular weight excluding hydrogens is 356 g/mol. The van der Waals surface area contributed by atoms with E-state index in [4.69, 9.17) is 9.47 Å². The molecule has 0 unspecified atom stereocenters. The first-order chi connectivity index (χ1) is 12.4. The molecule has 2 aromatic rings. The van der Waals surface area contributed by atoms with Crippen LogP contribution in [0.4, 0.5) is 11.4 Å². The summed E-state index contributed by atoms with van der Waals surface area (Å²) in [4.78, 5) is 12.6. The molecule has 3 rings (SSSR count). The third-order valence-electron chi connectivity index (χ3n) is 3.84. The molecule has 1 aliphatic rings. The lowest BCUT2D eigenvalue weighted by molar-refractivity contribution is -0.122. The van der Waals surface area contributed by atoms with E-state index in [1.807, 2.05) is 6.92 Å². The van der Waals surface area contributed by atoms with Gasteiger partial charge in [0.25, 0.3) is 5.91 Å². The van der Waals surface area contributed by atoms with E-state index < -0.39 is 22.0 Å². The van der Waals surface area contributed by atoms with Crippen LogP contribution in [0.15, 0.2) is 48.5 Å². The van der Waals surface area contributed by atoms with Crippen molar-refractivity contribution in [2.75, 3.05) is 29.0 Å². The molecule has 0 radical (unpaired) electrons. The SMILES string of the molecule is CCOc1cccc(NC(=O)[C@@H]2CN(S(C)(=O)=O)c3ccccc3O2)c1. The van der Waals surface area contributed by atoms with Crippen LogP contribution in [0.2, 0.25) is 0 Å². The minimum atomic E-state index is -3.54. The number of anilines is 2. The minimum absolute atomic E-state index is 0.0904. The Kier molecular flexibility index (Phi) is 5.03. The molecule has 7 nitrogen and oxygen atoms in total. The molecule has 1 aliphatic heterocycles. The van der Waals surface area contributed by atoms with Crippen LogP contribution >= 0.6 is 0 Å². The number of para-hydroxylation sites is 2. The molecular formula is C18H20N2O5S. The van der Waals surface area contributed by atoms with Crippen molar-refractivity contribution in [2.24, 2.45) is 0 Å². The van der Waals surface area contributed by atoms with E-state index in [2.05, 4.69) is 5.32 Å². The fourth-order valence-corrected chi connectivity index (χ4v) is 3.62. The number of ether oxygens (including phenoxy) is 2. The molecule has 0 fully saturated rings. The third kappa shape index (κ3) is 3.91. The molecule has 2 aromatic carbocycles. The number of nitrogens with zero attached hydrogens (tertiary/aromatic N) is 1. The number of hydrogen-bond acceptors (Lipinski definition) is 5. The van der Waals surface area contributed by atoms with Crippen LogP contribution in [0.3, 0.4) is 0 Å². The van der Waals surface area contributed by atoms with E-state index >= 15 is 0 Å². The Labute approximate surface area is 152 Å². The first-order valence-electron chi connectivity index (χ1n) is 8.15. The van der Waals surface area contributed by atoms with Crippen LogP contribution in [-0.4, -0.2) is 39.8 Å². The number of nitrogens with one attached hydrogen (secondary N) is 1. The van der Waals surface area contributed by atoms with Gasteiger partial charge >= 0.3 is 0 Å². The van der Waals surface area contributed by atoms with Gasteiger partial charge in [0, 0.05) is 11.8 Å². The largest absolute Gasteiger partial charge is 0.494 e. The standard InChI is InChI=1S/C18H20N2O5S/c1-3-24-14-8-6-7-13(11-14)19-18(21)17-12-20(26(2,22)23)15-9-4-5-10-16(15)25-17/h4-11,17H,3,12H2,1-2H3,(H,19,21)/t17-/m0/s1. The summed E-state index contributed by atoms with van der Waals surface area (Å²) in [5, 5.41) is 2.75. The Morgan fingerprint density at radius 3 is 2.77 bits per heavy atom. The van der Waals surface area contributed by atoms with Crippen molar-refractivity contribution in [3.05, 3.63) is 48.5 Å². The Morgan fingerprint density at radius 1 is 1.27 bits per heavy atom. The van der Waals surface area contributed by atoms with Gasteiger partial charge in [-0.05, 0) is 31.2 Å². The summed E-state index contributed by atoms with van der Waals surface area (Å²) in [7, 11) is -3.54. The van der Waals surface area contributed by atoms with Gasteiger partial charge in [-0.15, -0.1) is 0 Å². The second-order valence-corrected chi connectivity index (χ2v) is 7.73. The number of amides is 1. The van der Waals surface area contributed by atoms with Gasteiger partial charge in [0.2, 0.25) is 10.0 Å². The average molecular weight is 376 g/mol. The predicted octanol–water partition coefficient (Wildman–Crippen LogP) is 2.25. The summed E-state index contributed by atoms with van der Waals surface area (Å²) >= 11 is 0. The zero-order valence-electron chi connectivity index (χ0n) is 14.5. The van der Waals surface area contributed by atoms with Crippen LogP contribution in [-0.2, 0) is 14.8 Å². The number of fused-ring (bicyclic) bond motifs is 1. The normalized spacial score (nSPS) is 16.4. The highest BCUT2D eigenvalue weighted by molar-refractivity contribution is 7.92. The number of carbonyl (C=O) groups excluding carboxylic acids is 1. The van der Waals surface area contributed by atoms with Crippen molar-refractivity contribution >= 4 is 27.3 Å². The Hall–Kier alpha value is -2.74. The number of hydrogen-bond donors (Lipinski definition) is 1. The van der Waals surface area contributed by atoms with Crippen LogP contribution in [0, 0.1) is 0 Å². The molecule has 1 atom stereocenters. The summed E-state index contributed by atoms with van der Waals surface area (Å²) in [5.74, 6) is 0.562. The van der Waals surface area contributed by atoms with Gasteiger partial charge in [-0.1, -0.05) is 18.2 Å². The smallest absolute Gasteiger partial charge is 0.267 e. The van der Waals surface area contributed by atoms with Crippen molar-refractivity contribution < 1.29 is 22.7 Å². The second-order valence-electron chi connectivity index (χ2n) is 5.82. The molecule has 8 heteroatoms. The molecule has 1 amide bonds. The van der Waals surface area contributed by atoms with Gasteiger partial charge in [-0.2, -0.15) is 0 Å². The lowest BCUT2D eigenvalue weighted by atomic mass is 10.2. The number of sulfonamides is 1. The summed E-state index contributed by atoms with van der Waals surface area (Å²) in [6, 6.07) is 13.7. The topological polar surface area (TPSA) is 84.9 Å². The van der Waals surface area contributed by atoms with Gasteiger partial charge in [0.15, 0.2) is 6.10 Å². The molecule has 0 bridgehead atoms. The van der Waals surface area contributed by atoms with Crippen LogP contribution in [0.5, 0.6) is 11.5 Å². The second kappa shape index (κ2) is 7.25. The van der Waals surface area contributed by atoms with Crippen molar-refractivity contribution in [1.82, 2.24) is 0 Å². The van der Waals surface area contributed by atoms with E-state index in [1.165, 1.54) is 4.31 Å². The highest BCUT2D eigenvalue weighted by Crippen LogP contribution is 2.34. The summed E-state index contributed by atoms with van der Waals surface area (Å²) < 4.78 is 36.5.